The Labute approximate surface area is 77.0 Å². The highest BCUT2D eigenvalue weighted by Gasteiger charge is 2.18. The first-order valence-electron chi connectivity index (χ1n) is 4.22. The van der Waals surface area contributed by atoms with Crippen LogP contribution in [0.5, 0.6) is 0 Å². The lowest BCUT2D eigenvalue weighted by atomic mass is 10.6. The summed E-state index contributed by atoms with van der Waals surface area (Å²) in [5.41, 5.74) is 0. The van der Waals surface area contributed by atoms with Crippen LogP contribution in [-0.2, 0) is 19.0 Å². The lowest BCUT2D eigenvalue weighted by molar-refractivity contribution is -0.170. The molecule has 78 valence electrons. The van der Waals surface area contributed by atoms with Crippen molar-refractivity contribution in [1.82, 2.24) is 0 Å². The summed E-state index contributed by atoms with van der Waals surface area (Å²) in [5, 5.41) is 0. The molecular weight excluding hydrogens is 179 g/mol. The van der Waals surface area contributed by atoms with Gasteiger partial charge in [0, 0.05) is 6.61 Å². The zero-order chi connectivity index (χ0) is 10.1. The molecule has 5 heteroatoms. The molecule has 0 aliphatic heterocycles. The van der Waals surface area contributed by atoms with Crippen LogP contribution in [-0.4, -0.2) is 38.8 Å². The van der Waals surface area contributed by atoms with Gasteiger partial charge < -0.3 is 14.2 Å². The van der Waals surface area contributed by atoms with Crippen molar-refractivity contribution in [1.29, 1.82) is 0 Å². The molecule has 0 rings (SSSR count). The van der Waals surface area contributed by atoms with Crippen molar-refractivity contribution >= 4 is 5.97 Å². The Morgan fingerprint density at radius 1 is 1.31 bits per heavy atom. The zero-order valence-corrected chi connectivity index (χ0v) is 7.92. The fourth-order valence-electron chi connectivity index (χ4n) is 0.631. The van der Waals surface area contributed by atoms with Crippen molar-refractivity contribution in [3.05, 3.63) is 0 Å². The molecule has 1 atom stereocenters. The van der Waals surface area contributed by atoms with Gasteiger partial charge in [-0.2, -0.15) is 0 Å². The molecule has 0 aromatic rings. The molecule has 0 aliphatic carbocycles. The maximum atomic E-state index is 12.7. The first-order chi connectivity index (χ1) is 6.22. The third kappa shape index (κ3) is 6.48. The molecule has 13 heavy (non-hydrogen) atoms. The number of hydrogen-bond donors (Lipinski definition) is 0. The smallest absolute Gasteiger partial charge is 0.368 e. The highest BCUT2D eigenvalue weighted by Crippen LogP contribution is 1.97. The van der Waals surface area contributed by atoms with Gasteiger partial charge in [0.2, 0.25) is 0 Å². The molecule has 0 N–H and O–H groups in total. The van der Waals surface area contributed by atoms with Crippen LogP contribution in [0.25, 0.3) is 0 Å². The van der Waals surface area contributed by atoms with Gasteiger partial charge in [-0.1, -0.05) is 0 Å². The van der Waals surface area contributed by atoms with Crippen LogP contribution in [0.3, 0.4) is 0 Å². The van der Waals surface area contributed by atoms with Gasteiger partial charge in [-0.05, 0) is 13.8 Å². The normalized spacial score (nSPS) is 12.5. The molecule has 0 bridgehead atoms. The first kappa shape index (κ1) is 12.3. The van der Waals surface area contributed by atoms with E-state index in [0.29, 0.717) is 6.61 Å². The molecule has 0 aromatic carbocycles. The number of esters is 1. The van der Waals surface area contributed by atoms with E-state index in [1.165, 1.54) is 0 Å². The highest BCUT2D eigenvalue weighted by atomic mass is 19.1. The minimum Gasteiger partial charge on any atom is -0.462 e. The number of hydrogen-bond acceptors (Lipinski definition) is 4. The molecule has 0 spiro atoms. The van der Waals surface area contributed by atoms with Crippen LogP contribution >= 0.6 is 0 Å². The van der Waals surface area contributed by atoms with E-state index in [0.717, 1.165) is 0 Å². The molecule has 0 amide bonds. The van der Waals surface area contributed by atoms with E-state index in [4.69, 9.17) is 4.74 Å². The Morgan fingerprint density at radius 2 is 2.00 bits per heavy atom. The quantitative estimate of drug-likeness (QED) is 0.446. The first-order valence-corrected chi connectivity index (χ1v) is 4.22. The maximum Gasteiger partial charge on any atom is 0.368 e. The number of alkyl halides is 1. The van der Waals surface area contributed by atoms with Crippen LogP contribution in [0.2, 0.25) is 0 Å². The van der Waals surface area contributed by atoms with E-state index in [-0.39, 0.29) is 19.8 Å². The van der Waals surface area contributed by atoms with E-state index in [1.54, 1.807) is 6.92 Å². The number of carbonyl (C=O) groups excluding carboxylic acids is 1. The van der Waals surface area contributed by atoms with E-state index >= 15 is 0 Å². The van der Waals surface area contributed by atoms with Crippen molar-refractivity contribution in [2.45, 2.75) is 20.2 Å². The summed E-state index contributed by atoms with van der Waals surface area (Å²) >= 11 is 0. The lowest BCUT2D eigenvalue weighted by Gasteiger charge is -2.08. The monoisotopic (exact) mass is 194 g/mol. The Balaban J connectivity index is 3.38. The minimum atomic E-state index is -2.00. The molecular formula is C8H15FO4. The fourth-order valence-corrected chi connectivity index (χ4v) is 0.631. The van der Waals surface area contributed by atoms with Crippen LogP contribution in [0, 0.1) is 0 Å². The Hall–Kier alpha value is -0.680. The predicted molar refractivity (Wildman–Crippen MR) is 44.0 cm³/mol. The Bertz CT molecular complexity index is 140. The second-order valence-corrected chi connectivity index (χ2v) is 2.14. The van der Waals surface area contributed by atoms with Crippen LogP contribution in [0.15, 0.2) is 0 Å². The van der Waals surface area contributed by atoms with Crippen molar-refractivity contribution in [2.24, 2.45) is 0 Å². The van der Waals surface area contributed by atoms with Gasteiger partial charge in [-0.15, -0.1) is 0 Å². The van der Waals surface area contributed by atoms with E-state index in [1.807, 2.05) is 6.92 Å². The Morgan fingerprint density at radius 3 is 2.54 bits per heavy atom. The van der Waals surface area contributed by atoms with E-state index in [9.17, 15) is 9.18 Å². The van der Waals surface area contributed by atoms with Crippen LogP contribution < -0.4 is 0 Å². The third-order valence-electron chi connectivity index (χ3n) is 1.17. The van der Waals surface area contributed by atoms with Crippen molar-refractivity contribution in [3.63, 3.8) is 0 Å². The van der Waals surface area contributed by atoms with Gasteiger partial charge in [0.1, 0.15) is 0 Å². The topological polar surface area (TPSA) is 44.8 Å². The summed E-state index contributed by atoms with van der Waals surface area (Å²) in [7, 11) is 0. The van der Waals surface area contributed by atoms with Crippen molar-refractivity contribution in [2.75, 3.05) is 26.4 Å². The van der Waals surface area contributed by atoms with Gasteiger partial charge in [0.05, 0.1) is 19.8 Å². The zero-order valence-electron chi connectivity index (χ0n) is 7.92. The lowest BCUT2D eigenvalue weighted by Crippen LogP contribution is -2.23. The standard InChI is InChI=1S/C8H15FO4/c1-3-11-5-6-13-7(9)8(10)12-4-2/h7H,3-6H2,1-2H3. The van der Waals surface area contributed by atoms with E-state index in [2.05, 4.69) is 9.47 Å². The van der Waals surface area contributed by atoms with Crippen LogP contribution in [0.1, 0.15) is 13.8 Å². The third-order valence-corrected chi connectivity index (χ3v) is 1.17. The van der Waals surface area contributed by atoms with E-state index < -0.39 is 12.3 Å². The summed E-state index contributed by atoms with van der Waals surface area (Å²) in [6.07, 6.45) is -2.00. The van der Waals surface area contributed by atoms with Gasteiger partial charge in [0.25, 0.3) is 6.36 Å². The Kier molecular flexibility index (Phi) is 7.53. The molecule has 4 nitrogen and oxygen atoms in total. The van der Waals surface area contributed by atoms with Gasteiger partial charge in [-0.3, -0.25) is 0 Å². The summed E-state index contributed by atoms with van der Waals surface area (Å²) in [6.45, 7) is 4.43. The number of carbonyl (C=O) groups is 1. The summed E-state index contributed by atoms with van der Waals surface area (Å²) in [6, 6.07) is 0. The molecule has 0 saturated carbocycles. The van der Waals surface area contributed by atoms with Gasteiger partial charge in [-0.25, -0.2) is 9.18 Å². The van der Waals surface area contributed by atoms with Crippen molar-refractivity contribution in [3.8, 4) is 0 Å². The molecule has 0 radical (unpaired) electrons. The molecule has 1 unspecified atom stereocenters. The number of ether oxygens (including phenoxy) is 3. The molecule has 0 saturated heterocycles. The summed E-state index contributed by atoms with van der Waals surface area (Å²) in [5.74, 6) is -0.987. The molecule has 0 heterocycles. The minimum absolute atomic E-state index is 0.0494. The fraction of sp³-hybridized carbons (Fsp3) is 0.875. The average Bonchev–Trinajstić information content (AvgIpc) is 2.12. The summed E-state index contributed by atoms with van der Waals surface area (Å²) in [4.78, 5) is 10.6. The largest absolute Gasteiger partial charge is 0.462 e. The molecule has 0 aromatic heterocycles. The second-order valence-electron chi connectivity index (χ2n) is 2.14. The maximum absolute atomic E-state index is 12.7. The predicted octanol–water partition coefficient (Wildman–Crippen LogP) is 0.898. The summed E-state index contributed by atoms with van der Waals surface area (Å²) < 4.78 is 26.4. The average molecular weight is 194 g/mol. The van der Waals surface area contributed by atoms with Crippen molar-refractivity contribution < 1.29 is 23.4 Å². The SMILES string of the molecule is CCOCCOC(F)C(=O)OCC. The number of halogens is 1. The second kappa shape index (κ2) is 7.94. The molecule has 0 aliphatic rings. The highest BCUT2D eigenvalue weighted by molar-refractivity contribution is 5.72. The molecule has 0 fully saturated rings. The number of rotatable bonds is 7. The van der Waals surface area contributed by atoms with Gasteiger partial charge in [0.15, 0.2) is 0 Å². The van der Waals surface area contributed by atoms with Crippen LogP contribution in [0.4, 0.5) is 4.39 Å². The van der Waals surface area contributed by atoms with Gasteiger partial charge >= 0.3 is 5.97 Å².